The molecule has 8 nitrogen and oxygen atoms in total. The van der Waals surface area contributed by atoms with Crippen LogP contribution >= 0.6 is 0 Å². The highest BCUT2D eigenvalue weighted by atomic mass is 16.5. The number of aromatic nitrogens is 2. The maximum Gasteiger partial charge on any atom is 0.319 e. The van der Waals surface area contributed by atoms with Crippen molar-refractivity contribution < 1.29 is 9.53 Å². The number of hydrogen-bond acceptors (Lipinski definition) is 6. The third kappa shape index (κ3) is 4.11. The number of anilines is 1. The first-order valence-electron chi connectivity index (χ1n) is 10.5. The highest BCUT2D eigenvalue weighted by Crippen LogP contribution is 2.38. The lowest BCUT2D eigenvalue weighted by Crippen LogP contribution is -2.48. The topological polar surface area (TPSA) is 105 Å². The van der Waals surface area contributed by atoms with Crippen molar-refractivity contribution in [1.29, 1.82) is 0 Å². The molecule has 2 amide bonds. The molecular formula is C22H30N6O2. The summed E-state index contributed by atoms with van der Waals surface area (Å²) >= 11 is 0. The van der Waals surface area contributed by atoms with E-state index in [2.05, 4.69) is 15.6 Å². The molecule has 2 aliphatic rings. The molecule has 3 heterocycles. The fourth-order valence-electron chi connectivity index (χ4n) is 4.15. The Morgan fingerprint density at radius 3 is 2.73 bits per heavy atom. The third-order valence-electron chi connectivity index (χ3n) is 6.04. The summed E-state index contributed by atoms with van der Waals surface area (Å²) in [5.41, 5.74) is 8.27. The van der Waals surface area contributed by atoms with Crippen molar-refractivity contribution in [3.63, 3.8) is 0 Å². The molecule has 1 aromatic heterocycles. The molecule has 8 heteroatoms. The summed E-state index contributed by atoms with van der Waals surface area (Å²) in [6, 6.07) is 9.71. The first-order valence-corrected chi connectivity index (χ1v) is 10.5. The largest absolute Gasteiger partial charge is 0.381 e. The number of urea groups is 1. The summed E-state index contributed by atoms with van der Waals surface area (Å²) in [5, 5.41) is 6.49. The van der Waals surface area contributed by atoms with Gasteiger partial charge in [0.2, 0.25) is 5.95 Å². The zero-order valence-electron chi connectivity index (χ0n) is 17.6. The van der Waals surface area contributed by atoms with Crippen LogP contribution in [0.25, 0.3) is 0 Å². The molecule has 4 rings (SSSR count). The molecule has 1 saturated heterocycles. The van der Waals surface area contributed by atoms with Gasteiger partial charge in [0.05, 0.1) is 23.8 Å². The fraction of sp³-hybridized carbons (Fsp3) is 0.500. The van der Waals surface area contributed by atoms with E-state index in [4.69, 9.17) is 15.5 Å². The first-order chi connectivity index (χ1) is 14.5. The minimum atomic E-state index is -0.507. The van der Waals surface area contributed by atoms with Crippen molar-refractivity contribution in [3.05, 3.63) is 53.3 Å². The summed E-state index contributed by atoms with van der Waals surface area (Å²) in [5.74, 6) is 0.614. The van der Waals surface area contributed by atoms with Gasteiger partial charge in [0.1, 0.15) is 0 Å². The van der Waals surface area contributed by atoms with Gasteiger partial charge < -0.3 is 26.0 Å². The molecule has 0 aliphatic carbocycles. The third-order valence-corrected chi connectivity index (χ3v) is 6.04. The van der Waals surface area contributed by atoms with Crippen LogP contribution in [0.15, 0.2) is 36.5 Å². The lowest BCUT2D eigenvalue weighted by Gasteiger charge is -2.33. The molecule has 0 bridgehead atoms. The molecule has 30 heavy (non-hydrogen) atoms. The van der Waals surface area contributed by atoms with Gasteiger partial charge in [-0.1, -0.05) is 30.3 Å². The van der Waals surface area contributed by atoms with E-state index >= 15 is 0 Å². The molecule has 1 unspecified atom stereocenters. The number of nitrogens with two attached hydrogens (primary N) is 1. The molecule has 160 valence electrons. The number of rotatable bonds is 5. The maximum atomic E-state index is 13.2. The van der Waals surface area contributed by atoms with Crippen LogP contribution in [0, 0.1) is 0 Å². The van der Waals surface area contributed by atoms with Crippen LogP contribution in [-0.2, 0) is 16.8 Å². The predicted octanol–water partition coefficient (Wildman–Crippen LogP) is 2.53. The highest BCUT2D eigenvalue weighted by Gasteiger charge is 2.42. The van der Waals surface area contributed by atoms with Gasteiger partial charge in [0, 0.05) is 37.6 Å². The predicted molar refractivity (Wildman–Crippen MR) is 115 cm³/mol. The molecule has 0 spiro atoms. The first kappa shape index (κ1) is 20.6. The van der Waals surface area contributed by atoms with Crippen LogP contribution in [0.1, 0.15) is 49.6 Å². The second-order valence-corrected chi connectivity index (χ2v) is 8.38. The Kier molecular flexibility index (Phi) is 5.87. The Balaban J connectivity index is 1.48. The van der Waals surface area contributed by atoms with E-state index in [0.29, 0.717) is 25.1 Å². The molecule has 4 N–H and O–H groups in total. The zero-order valence-corrected chi connectivity index (χ0v) is 17.6. The number of fused-ring (bicyclic) bond motifs is 1. The van der Waals surface area contributed by atoms with Gasteiger partial charge >= 0.3 is 6.03 Å². The van der Waals surface area contributed by atoms with Gasteiger partial charge in [0.25, 0.3) is 0 Å². The summed E-state index contributed by atoms with van der Waals surface area (Å²) in [7, 11) is 0. The van der Waals surface area contributed by atoms with Crippen molar-refractivity contribution in [3.8, 4) is 0 Å². The van der Waals surface area contributed by atoms with Crippen LogP contribution in [-0.4, -0.2) is 46.7 Å². The molecule has 0 saturated carbocycles. The Hall–Kier alpha value is -2.71. The Morgan fingerprint density at radius 2 is 2.03 bits per heavy atom. The van der Waals surface area contributed by atoms with Crippen molar-refractivity contribution >= 4 is 12.0 Å². The van der Waals surface area contributed by atoms with E-state index in [1.807, 2.05) is 50.4 Å². The summed E-state index contributed by atoms with van der Waals surface area (Å²) in [6.07, 6.45) is 3.73. The van der Waals surface area contributed by atoms with Crippen LogP contribution in [0.3, 0.4) is 0 Å². The van der Waals surface area contributed by atoms with Gasteiger partial charge in [0.15, 0.2) is 0 Å². The van der Waals surface area contributed by atoms with Gasteiger partial charge in [-0.25, -0.2) is 14.8 Å². The van der Waals surface area contributed by atoms with E-state index in [1.54, 1.807) is 4.90 Å². The van der Waals surface area contributed by atoms with Gasteiger partial charge in [-0.15, -0.1) is 0 Å². The molecule has 2 aromatic rings. The summed E-state index contributed by atoms with van der Waals surface area (Å²) < 4.78 is 5.41. The van der Waals surface area contributed by atoms with Crippen LogP contribution in [0.4, 0.5) is 10.7 Å². The second kappa shape index (κ2) is 8.57. The maximum absolute atomic E-state index is 13.2. The molecule has 1 fully saturated rings. The molecule has 1 atom stereocenters. The number of amides is 2. The van der Waals surface area contributed by atoms with Crippen LogP contribution < -0.4 is 16.4 Å². The van der Waals surface area contributed by atoms with E-state index < -0.39 is 5.54 Å². The number of benzene rings is 1. The monoisotopic (exact) mass is 410 g/mol. The normalized spacial score (nSPS) is 19.2. The van der Waals surface area contributed by atoms with E-state index in [0.717, 1.165) is 42.9 Å². The van der Waals surface area contributed by atoms with Gasteiger partial charge in [-0.05, 0) is 32.3 Å². The average Bonchev–Trinajstić information content (AvgIpc) is 3.03. The molecule has 1 aromatic carbocycles. The van der Waals surface area contributed by atoms with E-state index in [-0.39, 0.29) is 12.1 Å². The number of nitrogens with zero attached hydrogens (tertiary/aromatic N) is 3. The van der Waals surface area contributed by atoms with Crippen molar-refractivity contribution in [1.82, 2.24) is 20.2 Å². The van der Waals surface area contributed by atoms with Crippen molar-refractivity contribution in [2.24, 2.45) is 5.73 Å². The van der Waals surface area contributed by atoms with Crippen molar-refractivity contribution in [2.45, 2.75) is 50.9 Å². The Morgan fingerprint density at radius 1 is 1.30 bits per heavy atom. The molecule has 0 radical (unpaired) electrons. The van der Waals surface area contributed by atoms with Gasteiger partial charge in [-0.3, -0.25) is 0 Å². The zero-order chi connectivity index (χ0) is 21.1. The standard InChI is InChI=1S/C22H30N6O2/c1-22(2)17-13-24-20(25-16-8-10-30-11-9-16)26-19(17)14-28(22)21(29)27-18(12-23)15-6-4-3-5-7-15/h3-7,13,16,18H,8-12,14,23H2,1-2H3,(H,27,29)(H,24,25,26). The summed E-state index contributed by atoms with van der Waals surface area (Å²) in [4.78, 5) is 24.2. The van der Waals surface area contributed by atoms with Gasteiger partial charge in [-0.2, -0.15) is 0 Å². The summed E-state index contributed by atoms with van der Waals surface area (Å²) in [6.45, 7) is 6.32. The quantitative estimate of drug-likeness (QED) is 0.700. The molecular weight excluding hydrogens is 380 g/mol. The van der Waals surface area contributed by atoms with E-state index in [1.165, 1.54) is 0 Å². The van der Waals surface area contributed by atoms with Crippen LogP contribution in [0.2, 0.25) is 0 Å². The second-order valence-electron chi connectivity index (χ2n) is 8.38. The number of nitrogens with one attached hydrogen (secondary N) is 2. The number of carbonyl (C=O) groups is 1. The fourth-order valence-corrected chi connectivity index (χ4v) is 4.15. The smallest absolute Gasteiger partial charge is 0.319 e. The number of hydrogen-bond donors (Lipinski definition) is 3. The Labute approximate surface area is 177 Å². The molecule has 2 aliphatic heterocycles. The van der Waals surface area contributed by atoms with E-state index in [9.17, 15) is 4.79 Å². The Bertz CT molecular complexity index is 882. The number of ether oxygens (including phenoxy) is 1. The van der Waals surface area contributed by atoms with Crippen LogP contribution in [0.5, 0.6) is 0 Å². The lowest BCUT2D eigenvalue weighted by molar-refractivity contribution is 0.0903. The minimum absolute atomic E-state index is 0.156. The highest BCUT2D eigenvalue weighted by molar-refractivity contribution is 5.77. The minimum Gasteiger partial charge on any atom is -0.381 e. The SMILES string of the molecule is CC1(C)c2cnc(NC3CCOCC3)nc2CN1C(=O)NC(CN)c1ccccc1. The number of carbonyl (C=O) groups excluding carboxylic acids is 1. The lowest BCUT2D eigenvalue weighted by atomic mass is 9.97. The average molecular weight is 411 g/mol. The van der Waals surface area contributed by atoms with Crippen molar-refractivity contribution in [2.75, 3.05) is 25.1 Å².